The Morgan fingerprint density at radius 1 is 1.08 bits per heavy atom. The Bertz CT molecular complexity index is 428. The molecular weight excluding hydrogens is 375 g/mol. The minimum atomic E-state index is -0.733. The SMILES string of the molecule is C[C@@H](O)CCC[C@H](O)C=C[C@@H]1[C@@H](CCCCCCC(=O)O)[C@H](Cl)C[C@H]1Cl. The lowest BCUT2D eigenvalue weighted by Crippen LogP contribution is -2.17. The summed E-state index contributed by atoms with van der Waals surface area (Å²) in [7, 11) is 0. The molecule has 0 aromatic carbocycles. The molecule has 1 rings (SSSR count). The predicted molar refractivity (Wildman–Crippen MR) is 107 cm³/mol. The Balaban J connectivity index is 2.38. The maximum Gasteiger partial charge on any atom is 0.303 e. The Labute approximate surface area is 167 Å². The Morgan fingerprint density at radius 3 is 2.42 bits per heavy atom. The van der Waals surface area contributed by atoms with Gasteiger partial charge in [-0.1, -0.05) is 31.4 Å². The van der Waals surface area contributed by atoms with Crippen LogP contribution in [0.5, 0.6) is 0 Å². The molecule has 0 heterocycles. The second-order valence-corrected chi connectivity index (χ2v) is 8.71. The van der Waals surface area contributed by atoms with Gasteiger partial charge in [0, 0.05) is 17.2 Å². The van der Waals surface area contributed by atoms with Crippen LogP contribution in [-0.2, 0) is 4.79 Å². The first-order valence-corrected chi connectivity index (χ1v) is 10.7. The highest BCUT2D eigenvalue weighted by molar-refractivity contribution is 6.25. The summed E-state index contributed by atoms with van der Waals surface area (Å²) in [6.07, 6.45) is 10.8. The van der Waals surface area contributed by atoms with Gasteiger partial charge in [-0.2, -0.15) is 0 Å². The van der Waals surface area contributed by atoms with Crippen LogP contribution >= 0.6 is 23.2 Å². The Morgan fingerprint density at radius 2 is 1.77 bits per heavy atom. The van der Waals surface area contributed by atoms with E-state index in [9.17, 15) is 15.0 Å². The van der Waals surface area contributed by atoms with Crippen LogP contribution in [-0.4, -0.2) is 44.3 Å². The Hall–Kier alpha value is -0.290. The molecule has 0 aromatic rings. The van der Waals surface area contributed by atoms with Crippen molar-refractivity contribution in [3.05, 3.63) is 12.2 Å². The summed E-state index contributed by atoms with van der Waals surface area (Å²) >= 11 is 13.0. The molecule has 152 valence electrons. The fraction of sp³-hybridized carbons (Fsp3) is 0.850. The molecule has 0 amide bonds. The number of hydrogen-bond acceptors (Lipinski definition) is 3. The minimum Gasteiger partial charge on any atom is -0.481 e. The van der Waals surface area contributed by atoms with Gasteiger partial charge in [-0.15, -0.1) is 23.2 Å². The molecule has 0 spiro atoms. The van der Waals surface area contributed by atoms with Gasteiger partial charge in [0.05, 0.1) is 12.2 Å². The summed E-state index contributed by atoms with van der Waals surface area (Å²) < 4.78 is 0. The Kier molecular flexibility index (Phi) is 11.9. The van der Waals surface area contributed by atoms with E-state index < -0.39 is 12.1 Å². The van der Waals surface area contributed by atoms with Crippen LogP contribution in [0.15, 0.2) is 12.2 Å². The van der Waals surface area contributed by atoms with Crippen LogP contribution < -0.4 is 0 Å². The second-order valence-electron chi connectivity index (χ2n) is 7.59. The number of carboxylic acid groups (broad SMARTS) is 1. The third kappa shape index (κ3) is 9.59. The van der Waals surface area contributed by atoms with Gasteiger partial charge in [-0.3, -0.25) is 4.79 Å². The highest BCUT2D eigenvalue weighted by Gasteiger charge is 2.39. The monoisotopic (exact) mass is 408 g/mol. The largest absolute Gasteiger partial charge is 0.481 e. The van der Waals surface area contributed by atoms with E-state index in [2.05, 4.69) is 0 Å². The van der Waals surface area contributed by atoms with Gasteiger partial charge in [-0.05, 0) is 57.3 Å². The molecule has 4 nitrogen and oxygen atoms in total. The average Bonchev–Trinajstić information content (AvgIpc) is 2.81. The smallest absolute Gasteiger partial charge is 0.303 e. The fourth-order valence-corrected chi connectivity index (χ4v) is 4.72. The fourth-order valence-electron chi connectivity index (χ4n) is 3.68. The zero-order valence-electron chi connectivity index (χ0n) is 15.7. The molecule has 6 atom stereocenters. The standard InChI is InChI=1S/C20H34Cl2O4/c1-14(23)7-6-8-15(24)11-12-17-16(18(21)13-19(17)22)9-4-2-3-5-10-20(25)26/h11-12,14-19,23-24H,2-10,13H2,1H3,(H,25,26)/t14-,15+,16-,17-,18-,19-/m1/s1. The van der Waals surface area contributed by atoms with Crippen molar-refractivity contribution < 1.29 is 20.1 Å². The summed E-state index contributed by atoms with van der Waals surface area (Å²) in [6, 6.07) is 0. The quantitative estimate of drug-likeness (QED) is 0.233. The molecule has 0 saturated heterocycles. The molecular formula is C20H34Cl2O4. The molecule has 0 aromatic heterocycles. The van der Waals surface area contributed by atoms with Crippen LogP contribution in [0.3, 0.4) is 0 Å². The maximum atomic E-state index is 10.5. The molecule has 0 radical (unpaired) electrons. The van der Waals surface area contributed by atoms with Crippen molar-refractivity contribution in [3.8, 4) is 0 Å². The normalized spacial score (nSPS) is 28.5. The number of carboxylic acids is 1. The predicted octanol–water partition coefficient (Wildman–Crippen LogP) is 4.73. The van der Waals surface area contributed by atoms with Crippen LogP contribution in [0.4, 0.5) is 0 Å². The van der Waals surface area contributed by atoms with Crippen molar-refractivity contribution in [2.75, 3.05) is 0 Å². The molecule has 3 N–H and O–H groups in total. The van der Waals surface area contributed by atoms with Gasteiger partial charge < -0.3 is 15.3 Å². The van der Waals surface area contributed by atoms with Crippen molar-refractivity contribution in [1.82, 2.24) is 0 Å². The minimum absolute atomic E-state index is 0.00424. The van der Waals surface area contributed by atoms with E-state index in [1.165, 1.54) is 0 Å². The summed E-state index contributed by atoms with van der Waals surface area (Å²) in [5, 5.41) is 28.1. The van der Waals surface area contributed by atoms with Crippen LogP contribution in [0.2, 0.25) is 0 Å². The van der Waals surface area contributed by atoms with Gasteiger partial charge in [0.2, 0.25) is 0 Å². The number of aliphatic hydroxyl groups excluding tert-OH is 2. The molecule has 1 aliphatic rings. The van der Waals surface area contributed by atoms with Crippen molar-refractivity contribution >= 4 is 29.2 Å². The number of allylic oxidation sites excluding steroid dienone is 1. The van der Waals surface area contributed by atoms with E-state index in [0.29, 0.717) is 18.8 Å². The number of carbonyl (C=O) groups is 1. The molecule has 1 saturated carbocycles. The lowest BCUT2D eigenvalue weighted by atomic mass is 9.89. The third-order valence-corrected chi connectivity index (χ3v) is 6.15. The van der Waals surface area contributed by atoms with E-state index in [0.717, 1.165) is 44.9 Å². The molecule has 0 bridgehead atoms. The first-order chi connectivity index (χ1) is 12.3. The topological polar surface area (TPSA) is 77.8 Å². The first kappa shape index (κ1) is 23.7. The second kappa shape index (κ2) is 13.0. The van der Waals surface area contributed by atoms with E-state index in [-0.39, 0.29) is 29.2 Å². The van der Waals surface area contributed by atoms with Crippen molar-refractivity contribution in [2.45, 2.75) is 94.1 Å². The summed E-state index contributed by atoms with van der Waals surface area (Å²) in [4.78, 5) is 10.5. The van der Waals surface area contributed by atoms with Gasteiger partial charge in [0.1, 0.15) is 0 Å². The van der Waals surface area contributed by atoms with Crippen molar-refractivity contribution in [1.29, 1.82) is 0 Å². The van der Waals surface area contributed by atoms with E-state index in [1.54, 1.807) is 6.92 Å². The van der Waals surface area contributed by atoms with Crippen molar-refractivity contribution in [3.63, 3.8) is 0 Å². The lowest BCUT2D eigenvalue weighted by Gasteiger charge is -2.21. The molecule has 6 heteroatoms. The number of aliphatic carboxylic acids is 1. The number of rotatable bonds is 13. The molecule has 0 aliphatic heterocycles. The highest BCUT2D eigenvalue weighted by Crippen LogP contribution is 2.42. The summed E-state index contributed by atoms with van der Waals surface area (Å²) in [5.41, 5.74) is 0. The highest BCUT2D eigenvalue weighted by atomic mass is 35.5. The molecule has 0 unspecified atom stereocenters. The van der Waals surface area contributed by atoms with Crippen LogP contribution in [0.1, 0.15) is 71.1 Å². The van der Waals surface area contributed by atoms with Crippen molar-refractivity contribution in [2.24, 2.45) is 11.8 Å². The summed E-state index contributed by atoms with van der Waals surface area (Å²) in [6.45, 7) is 1.76. The number of halogens is 2. The van der Waals surface area contributed by atoms with Crippen LogP contribution in [0.25, 0.3) is 0 Å². The molecule has 1 aliphatic carbocycles. The number of alkyl halides is 2. The van der Waals surface area contributed by atoms with Gasteiger partial charge >= 0.3 is 5.97 Å². The number of aliphatic hydroxyl groups is 2. The van der Waals surface area contributed by atoms with Gasteiger partial charge in [-0.25, -0.2) is 0 Å². The van der Waals surface area contributed by atoms with E-state index in [1.807, 2.05) is 12.2 Å². The third-order valence-electron chi connectivity index (χ3n) is 5.18. The molecule has 1 fully saturated rings. The average molecular weight is 409 g/mol. The first-order valence-electron chi connectivity index (χ1n) is 9.85. The van der Waals surface area contributed by atoms with Gasteiger partial charge in [0.25, 0.3) is 0 Å². The lowest BCUT2D eigenvalue weighted by molar-refractivity contribution is -0.137. The van der Waals surface area contributed by atoms with Crippen LogP contribution in [0, 0.1) is 11.8 Å². The summed E-state index contributed by atoms with van der Waals surface area (Å²) in [5.74, 6) is -0.257. The number of unbranched alkanes of at least 4 members (excludes halogenated alkanes) is 3. The van der Waals surface area contributed by atoms with E-state index >= 15 is 0 Å². The van der Waals surface area contributed by atoms with Gasteiger partial charge in [0.15, 0.2) is 0 Å². The zero-order valence-corrected chi connectivity index (χ0v) is 17.2. The van der Waals surface area contributed by atoms with E-state index in [4.69, 9.17) is 28.3 Å². The molecule has 26 heavy (non-hydrogen) atoms. The maximum absolute atomic E-state index is 10.5. The number of hydrogen-bond donors (Lipinski definition) is 3. The zero-order chi connectivity index (χ0) is 19.5.